The van der Waals surface area contributed by atoms with Gasteiger partial charge in [0, 0.05) is 23.2 Å². The minimum atomic E-state index is -0.639. The quantitative estimate of drug-likeness (QED) is 0.688. The molecule has 0 unspecified atom stereocenters. The van der Waals surface area contributed by atoms with Crippen molar-refractivity contribution in [3.8, 4) is 23.1 Å². The third-order valence-electron chi connectivity index (χ3n) is 2.04. The molecule has 0 aliphatic carbocycles. The fourth-order valence-electron chi connectivity index (χ4n) is 1.36. The lowest BCUT2D eigenvalue weighted by Gasteiger charge is -2.00. The third-order valence-corrected chi connectivity index (χ3v) is 2.04. The molecule has 0 atom stereocenters. The van der Waals surface area contributed by atoms with E-state index in [1.54, 1.807) is 6.20 Å². The van der Waals surface area contributed by atoms with Crippen LogP contribution in [0.15, 0.2) is 36.5 Å². The van der Waals surface area contributed by atoms with Crippen LogP contribution in [0.5, 0.6) is 0 Å². The smallest absolute Gasteiger partial charge is 0.293 e. The van der Waals surface area contributed by atoms with Gasteiger partial charge in [-0.1, -0.05) is 24.1 Å². The molecule has 0 bridgehead atoms. The first-order valence-electron chi connectivity index (χ1n) is 4.67. The molecule has 3 N–H and O–H groups in total. The van der Waals surface area contributed by atoms with E-state index in [-0.39, 0.29) is 0 Å². The van der Waals surface area contributed by atoms with Crippen molar-refractivity contribution >= 4 is 5.91 Å². The van der Waals surface area contributed by atoms with Crippen LogP contribution in [-0.4, -0.2) is 16.1 Å². The lowest BCUT2D eigenvalue weighted by Crippen LogP contribution is -2.06. The van der Waals surface area contributed by atoms with Crippen LogP contribution in [0.3, 0.4) is 0 Å². The molecule has 0 fully saturated rings. The van der Waals surface area contributed by atoms with Gasteiger partial charge in [-0.15, -0.1) is 0 Å². The summed E-state index contributed by atoms with van der Waals surface area (Å²) < 4.78 is 0. The van der Waals surface area contributed by atoms with Gasteiger partial charge in [-0.2, -0.15) is 5.10 Å². The van der Waals surface area contributed by atoms with Crippen LogP contribution in [0.2, 0.25) is 0 Å². The zero-order chi connectivity index (χ0) is 11.4. The van der Waals surface area contributed by atoms with Crippen molar-refractivity contribution in [3.05, 3.63) is 42.1 Å². The molecule has 0 aliphatic heterocycles. The standard InChI is InChI=1S/C12H9N3O/c13-12(16)6-5-9-3-1-2-4-10(9)11-7-8-14-15-11/h1-4,7-8H,(H2,13,16)(H,14,15). The van der Waals surface area contributed by atoms with Gasteiger partial charge in [0.25, 0.3) is 5.91 Å². The number of rotatable bonds is 1. The number of aromatic amines is 1. The number of primary amides is 1. The van der Waals surface area contributed by atoms with Crippen LogP contribution in [-0.2, 0) is 4.79 Å². The number of hydrogen-bond donors (Lipinski definition) is 2. The zero-order valence-corrected chi connectivity index (χ0v) is 8.40. The van der Waals surface area contributed by atoms with E-state index in [0.717, 1.165) is 16.8 Å². The number of benzene rings is 1. The molecule has 2 rings (SSSR count). The Kier molecular flexibility index (Phi) is 2.70. The van der Waals surface area contributed by atoms with Crippen molar-refractivity contribution in [1.29, 1.82) is 0 Å². The number of nitrogens with two attached hydrogens (primary N) is 1. The highest BCUT2D eigenvalue weighted by Gasteiger charge is 2.02. The number of aromatic nitrogens is 2. The second kappa shape index (κ2) is 4.32. The Labute approximate surface area is 92.5 Å². The lowest BCUT2D eigenvalue weighted by molar-refractivity contribution is -0.112. The normalized spacial score (nSPS) is 9.25. The monoisotopic (exact) mass is 211 g/mol. The summed E-state index contributed by atoms with van der Waals surface area (Å²) in [5, 5.41) is 6.72. The van der Waals surface area contributed by atoms with E-state index in [9.17, 15) is 4.79 Å². The SMILES string of the molecule is NC(=O)C#Cc1ccccc1-c1ccn[nH]1. The molecular weight excluding hydrogens is 202 g/mol. The predicted octanol–water partition coefficient (Wildman–Crippen LogP) is 0.913. The fourth-order valence-corrected chi connectivity index (χ4v) is 1.36. The topological polar surface area (TPSA) is 71.8 Å². The highest BCUT2D eigenvalue weighted by Crippen LogP contribution is 2.19. The van der Waals surface area contributed by atoms with Gasteiger partial charge < -0.3 is 5.73 Å². The number of nitrogens with one attached hydrogen (secondary N) is 1. The molecule has 1 aromatic carbocycles. The molecule has 0 aliphatic rings. The summed E-state index contributed by atoms with van der Waals surface area (Å²) in [6.07, 6.45) is 1.66. The molecule has 16 heavy (non-hydrogen) atoms. The Balaban J connectivity index is 2.48. The van der Waals surface area contributed by atoms with Gasteiger partial charge in [0.05, 0.1) is 5.69 Å². The van der Waals surface area contributed by atoms with Crippen LogP contribution < -0.4 is 5.73 Å². The number of nitrogens with zero attached hydrogens (tertiary/aromatic N) is 1. The maximum absolute atomic E-state index is 10.6. The summed E-state index contributed by atoms with van der Waals surface area (Å²) in [5.74, 6) is 4.41. The van der Waals surface area contributed by atoms with Crippen molar-refractivity contribution in [3.63, 3.8) is 0 Å². The molecule has 78 valence electrons. The Hall–Kier alpha value is -2.54. The van der Waals surface area contributed by atoms with Crippen LogP contribution in [0, 0.1) is 11.8 Å². The largest absolute Gasteiger partial charge is 0.359 e. The second-order valence-electron chi connectivity index (χ2n) is 3.13. The van der Waals surface area contributed by atoms with Crippen molar-refractivity contribution in [2.45, 2.75) is 0 Å². The van der Waals surface area contributed by atoms with E-state index in [1.807, 2.05) is 30.3 Å². The summed E-state index contributed by atoms with van der Waals surface area (Å²) >= 11 is 0. The van der Waals surface area contributed by atoms with Gasteiger partial charge in [-0.05, 0) is 12.1 Å². The highest BCUT2D eigenvalue weighted by molar-refractivity contribution is 5.93. The number of carbonyl (C=O) groups excluding carboxylic acids is 1. The Morgan fingerprint density at radius 3 is 2.81 bits per heavy atom. The van der Waals surface area contributed by atoms with E-state index in [0.29, 0.717) is 0 Å². The Bertz CT molecular complexity index is 561. The van der Waals surface area contributed by atoms with E-state index < -0.39 is 5.91 Å². The van der Waals surface area contributed by atoms with Gasteiger partial charge in [-0.25, -0.2) is 0 Å². The number of hydrogen-bond acceptors (Lipinski definition) is 2. The van der Waals surface area contributed by atoms with Crippen LogP contribution in [0.4, 0.5) is 0 Å². The van der Waals surface area contributed by atoms with E-state index >= 15 is 0 Å². The average Bonchev–Trinajstić information content (AvgIpc) is 2.80. The van der Waals surface area contributed by atoms with Crippen LogP contribution >= 0.6 is 0 Å². The number of carbonyl (C=O) groups is 1. The minimum absolute atomic E-state index is 0.639. The minimum Gasteiger partial charge on any atom is -0.359 e. The summed E-state index contributed by atoms with van der Waals surface area (Å²) in [7, 11) is 0. The van der Waals surface area contributed by atoms with E-state index in [2.05, 4.69) is 22.0 Å². The van der Waals surface area contributed by atoms with E-state index in [4.69, 9.17) is 5.73 Å². The molecule has 0 spiro atoms. The van der Waals surface area contributed by atoms with Crippen molar-refractivity contribution in [1.82, 2.24) is 10.2 Å². The molecule has 4 heteroatoms. The number of amides is 1. The molecule has 1 aromatic heterocycles. The van der Waals surface area contributed by atoms with Gasteiger partial charge in [0.2, 0.25) is 0 Å². The van der Waals surface area contributed by atoms with Crippen LogP contribution in [0.25, 0.3) is 11.3 Å². The van der Waals surface area contributed by atoms with Crippen molar-refractivity contribution in [2.75, 3.05) is 0 Å². The van der Waals surface area contributed by atoms with Gasteiger partial charge in [0.15, 0.2) is 0 Å². The Morgan fingerprint density at radius 1 is 1.31 bits per heavy atom. The van der Waals surface area contributed by atoms with Crippen molar-refractivity contribution < 1.29 is 4.79 Å². The molecule has 0 saturated carbocycles. The maximum atomic E-state index is 10.6. The zero-order valence-electron chi connectivity index (χ0n) is 8.40. The Morgan fingerprint density at radius 2 is 2.12 bits per heavy atom. The van der Waals surface area contributed by atoms with E-state index in [1.165, 1.54) is 0 Å². The van der Waals surface area contributed by atoms with Crippen LogP contribution in [0.1, 0.15) is 5.56 Å². The first-order valence-corrected chi connectivity index (χ1v) is 4.67. The van der Waals surface area contributed by atoms with Crippen molar-refractivity contribution in [2.24, 2.45) is 5.73 Å². The maximum Gasteiger partial charge on any atom is 0.293 e. The summed E-state index contributed by atoms with van der Waals surface area (Å²) in [6.45, 7) is 0. The molecule has 0 radical (unpaired) electrons. The molecule has 4 nitrogen and oxygen atoms in total. The third kappa shape index (κ3) is 2.10. The second-order valence-corrected chi connectivity index (χ2v) is 3.13. The first-order chi connectivity index (χ1) is 7.77. The van der Waals surface area contributed by atoms with Gasteiger partial charge in [-0.3, -0.25) is 9.89 Å². The number of H-pyrrole nitrogens is 1. The fraction of sp³-hybridized carbons (Fsp3) is 0. The average molecular weight is 211 g/mol. The summed E-state index contributed by atoms with van der Waals surface area (Å²) in [6, 6.07) is 9.31. The van der Waals surface area contributed by atoms with Gasteiger partial charge >= 0.3 is 0 Å². The predicted molar refractivity (Wildman–Crippen MR) is 60.1 cm³/mol. The molecule has 1 amide bonds. The summed E-state index contributed by atoms with van der Waals surface area (Å²) in [4.78, 5) is 10.6. The molecular formula is C12H9N3O. The first kappa shape index (κ1) is 9.99. The highest BCUT2D eigenvalue weighted by atomic mass is 16.1. The molecule has 0 saturated heterocycles. The molecule has 1 heterocycles. The lowest BCUT2D eigenvalue weighted by atomic mass is 10.1. The summed E-state index contributed by atoms with van der Waals surface area (Å²) in [5.41, 5.74) is 7.47. The molecule has 2 aromatic rings. The van der Waals surface area contributed by atoms with Gasteiger partial charge in [0.1, 0.15) is 0 Å².